The van der Waals surface area contributed by atoms with Crippen molar-refractivity contribution in [1.29, 1.82) is 0 Å². The maximum absolute atomic E-state index is 12.0. The number of carbonyl (C=O) groups excluding carboxylic acids is 1. The molecule has 1 atom stereocenters. The predicted octanol–water partition coefficient (Wildman–Crippen LogP) is 1.77. The van der Waals surface area contributed by atoms with E-state index in [0.29, 0.717) is 18.7 Å². The lowest BCUT2D eigenvalue weighted by Gasteiger charge is -2.16. The van der Waals surface area contributed by atoms with Crippen LogP contribution in [0.25, 0.3) is 0 Å². The molecular formula is C12H15Cl2N3O3. The van der Waals surface area contributed by atoms with Crippen LogP contribution in [0.5, 0.6) is 0 Å². The van der Waals surface area contributed by atoms with E-state index in [-0.39, 0.29) is 41.5 Å². The van der Waals surface area contributed by atoms with Crippen LogP contribution in [0.15, 0.2) is 18.2 Å². The second-order valence-corrected chi connectivity index (χ2v) is 5.01. The molecule has 0 saturated carbocycles. The molecule has 0 aliphatic carbocycles. The summed E-state index contributed by atoms with van der Waals surface area (Å²) in [5.41, 5.74) is 6.26. The number of rotatable bonds is 3. The van der Waals surface area contributed by atoms with E-state index in [2.05, 4.69) is 0 Å². The van der Waals surface area contributed by atoms with Gasteiger partial charge in [0.15, 0.2) is 0 Å². The van der Waals surface area contributed by atoms with Crippen molar-refractivity contribution in [3.8, 4) is 0 Å². The molecular weight excluding hydrogens is 305 g/mol. The summed E-state index contributed by atoms with van der Waals surface area (Å²) in [6.07, 6.45) is 0.948. The van der Waals surface area contributed by atoms with Gasteiger partial charge in [-0.15, -0.1) is 12.4 Å². The zero-order valence-electron chi connectivity index (χ0n) is 10.6. The van der Waals surface area contributed by atoms with Crippen molar-refractivity contribution in [3.63, 3.8) is 0 Å². The van der Waals surface area contributed by atoms with Gasteiger partial charge in [-0.25, -0.2) is 0 Å². The summed E-state index contributed by atoms with van der Waals surface area (Å²) in [5.74, 6) is -0.0521. The standard InChI is InChI=1S/C12H14ClN3O3.ClH/c13-11-6-10(16(18)19)2-1-8(11)5-12(17)15-4-3-9(14)7-15;/h1-2,6,9H,3-5,7,14H2;1H/t9-;/m1./s1. The van der Waals surface area contributed by atoms with E-state index >= 15 is 0 Å². The largest absolute Gasteiger partial charge is 0.341 e. The third-order valence-electron chi connectivity index (χ3n) is 3.17. The molecule has 1 saturated heterocycles. The quantitative estimate of drug-likeness (QED) is 0.679. The fraction of sp³-hybridized carbons (Fsp3) is 0.417. The van der Waals surface area contributed by atoms with Crippen molar-refractivity contribution in [2.45, 2.75) is 18.9 Å². The number of hydrogen-bond acceptors (Lipinski definition) is 4. The second kappa shape index (κ2) is 6.88. The zero-order valence-corrected chi connectivity index (χ0v) is 12.2. The van der Waals surface area contributed by atoms with Crippen LogP contribution in [0.1, 0.15) is 12.0 Å². The molecule has 1 amide bonds. The molecule has 0 radical (unpaired) electrons. The number of nitro benzene ring substituents is 1. The summed E-state index contributed by atoms with van der Waals surface area (Å²) < 4.78 is 0. The van der Waals surface area contributed by atoms with Crippen LogP contribution in [-0.4, -0.2) is 34.9 Å². The third-order valence-corrected chi connectivity index (χ3v) is 3.52. The van der Waals surface area contributed by atoms with E-state index in [1.165, 1.54) is 18.2 Å². The summed E-state index contributed by atoms with van der Waals surface area (Å²) >= 11 is 5.95. The third kappa shape index (κ3) is 3.82. The van der Waals surface area contributed by atoms with Gasteiger partial charge in [0.05, 0.1) is 16.4 Å². The Morgan fingerprint density at radius 3 is 2.75 bits per heavy atom. The SMILES string of the molecule is Cl.N[C@@H]1CCN(C(=O)Cc2ccc([N+](=O)[O-])cc2Cl)C1. The van der Waals surface area contributed by atoms with Crippen LogP contribution in [0.2, 0.25) is 5.02 Å². The van der Waals surface area contributed by atoms with Crippen molar-refractivity contribution in [3.05, 3.63) is 38.9 Å². The Balaban J connectivity index is 0.00000200. The lowest BCUT2D eigenvalue weighted by Crippen LogP contribution is -2.32. The Hall–Kier alpha value is -1.37. The Morgan fingerprint density at radius 2 is 2.25 bits per heavy atom. The smallest absolute Gasteiger partial charge is 0.270 e. The summed E-state index contributed by atoms with van der Waals surface area (Å²) in [4.78, 5) is 23.8. The molecule has 2 N–H and O–H groups in total. The minimum atomic E-state index is -0.517. The van der Waals surface area contributed by atoms with Gasteiger partial charge in [-0.2, -0.15) is 0 Å². The Kier molecular flexibility index (Phi) is 5.74. The minimum Gasteiger partial charge on any atom is -0.341 e. The van der Waals surface area contributed by atoms with Gasteiger partial charge in [-0.05, 0) is 12.0 Å². The molecule has 6 nitrogen and oxygen atoms in total. The molecule has 1 aliphatic rings. The molecule has 0 spiro atoms. The topological polar surface area (TPSA) is 89.5 Å². The van der Waals surface area contributed by atoms with Crippen molar-refractivity contribution in [2.24, 2.45) is 5.73 Å². The lowest BCUT2D eigenvalue weighted by atomic mass is 10.1. The number of hydrogen-bond donors (Lipinski definition) is 1. The summed E-state index contributed by atoms with van der Waals surface area (Å²) in [7, 11) is 0. The number of amides is 1. The first-order chi connectivity index (χ1) is 8.97. The van der Waals surface area contributed by atoms with Gasteiger partial charge in [0, 0.05) is 31.3 Å². The normalized spacial score (nSPS) is 17.7. The number of halogens is 2. The number of nitrogens with zero attached hydrogens (tertiary/aromatic N) is 2. The van der Waals surface area contributed by atoms with Crippen LogP contribution in [0, 0.1) is 10.1 Å². The number of nitro groups is 1. The fourth-order valence-corrected chi connectivity index (χ4v) is 2.32. The molecule has 1 fully saturated rings. The van der Waals surface area contributed by atoms with Crippen LogP contribution in [0.3, 0.4) is 0 Å². The van der Waals surface area contributed by atoms with Gasteiger partial charge < -0.3 is 10.6 Å². The highest BCUT2D eigenvalue weighted by Gasteiger charge is 2.24. The van der Waals surface area contributed by atoms with Gasteiger partial charge in [0.2, 0.25) is 5.91 Å². The first kappa shape index (κ1) is 16.7. The van der Waals surface area contributed by atoms with Crippen molar-refractivity contribution >= 4 is 35.6 Å². The van der Waals surface area contributed by atoms with E-state index in [1.54, 1.807) is 4.90 Å². The first-order valence-electron chi connectivity index (χ1n) is 5.93. The van der Waals surface area contributed by atoms with Crippen LogP contribution < -0.4 is 5.73 Å². The van der Waals surface area contributed by atoms with E-state index in [9.17, 15) is 14.9 Å². The molecule has 0 unspecified atom stereocenters. The number of carbonyl (C=O) groups is 1. The Morgan fingerprint density at radius 1 is 1.55 bits per heavy atom. The molecule has 8 heteroatoms. The van der Waals surface area contributed by atoms with Crippen molar-refractivity contribution in [2.75, 3.05) is 13.1 Å². The summed E-state index contributed by atoms with van der Waals surface area (Å²) in [6.45, 7) is 1.22. The van der Waals surface area contributed by atoms with Crippen LogP contribution >= 0.6 is 24.0 Å². The maximum atomic E-state index is 12.0. The molecule has 0 aromatic heterocycles. The van der Waals surface area contributed by atoms with Gasteiger partial charge in [0.25, 0.3) is 5.69 Å². The maximum Gasteiger partial charge on any atom is 0.270 e. The van der Waals surface area contributed by atoms with E-state index in [0.717, 1.165) is 6.42 Å². The number of nitrogens with two attached hydrogens (primary N) is 1. The molecule has 0 bridgehead atoms. The zero-order chi connectivity index (χ0) is 14.0. The molecule has 1 aliphatic heterocycles. The van der Waals surface area contributed by atoms with E-state index in [4.69, 9.17) is 17.3 Å². The fourth-order valence-electron chi connectivity index (χ4n) is 2.08. The van der Waals surface area contributed by atoms with E-state index in [1.807, 2.05) is 0 Å². The monoisotopic (exact) mass is 319 g/mol. The van der Waals surface area contributed by atoms with Gasteiger partial charge >= 0.3 is 0 Å². The van der Waals surface area contributed by atoms with Crippen molar-refractivity contribution in [1.82, 2.24) is 4.90 Å². The average molecular weight is 320 g/mol. The number of benzene rings is 1. The minimum absolute atomic E-state index is 0. The highest BCUT2D eigenvalue weighted by molar-refractivity contribution is 6.31. The van der Waals surface area contributed by atoms with Crippen molar-refractivity contribution < 1.29 is 9.72 Å². The first-order valence-corrected chi connectivity index (χ1v) is 6.31. The summed E-state index contributed by atoms with van der Waals surface area (Å²) in [6, 6.07) is 4.18. The van der Waals surface area contributed by atoms with Gasteiger partial charge in [-0.1, -0.05) is 17.7 Å². The molecule has 110 valence electrons. The van der Waals surface area contributed by atoms with Crippen LogP contribution in [0.4, 0.5) is 5.69 Å². The van der Waals surface area contributed by atoms with Gasteiger partial charge in [-0.3, -0.25) is 14.9 Å². The molecule has 1 aromatic rings. The highest BCUT2D eigenvalue weighted by Crippen LogP contribution is 2.23. The molecule has 1 aromatic carbocycles. The molecule has 2 rings (SSSR count). The van der Waals surface area contributed by atoms with Crippen LogP contribution in [-0.2, 0) is 11.2 Å². The molecule has 20 heavy (non-hydrogen) atoms. The number of non-ortho nitro benzene ring substituents is 1. The average Bonchev–Trinajstić information content (AvgIpc) is 2.78. The predicted molar refractivity (Wildman–Crippen MR) is 78.2 cm³/mol. The second-order valence-electron chi connectivity index (χ2n) is 4.60. The Bertz CT molecular complexity index is 525. The number of likely N-dealkylation sites (tertiary alicyclic amines) is 1. The van der Waals surface area contributed by atoms with E-state index < -0.39 is 4.92 Å². The lowest BCUT2D eigenvalue weighted by molar-refractivity contribution is -0.384. The highest BCUT2D eigenvalue weighted by atomic mass is 35.5. The molecule has 1 heterocycles. The summed E-state index contributed by atoms with van der Waals surface area (Å²) in [5, 5.41) is 10.8. The Labute approximate surface area is 127 Å². The van der Waals surface area contributed by atoms with Gasteiger partial charge in [0.1, 0.15) is 0 Å².